The highest BCUT2D eigenvalue weighted by atomic mass is 32.2. The zero-order chi connectivity index (χ0) is 17.9. The van der Waals surface area contributed by atoms with Gasteiger partial charge in [0.25, 0.3) is 0 Å². The minimum absolute atomic E-state index is 0.129. The summed E-state index contributed by atoms with van der Waals surface area (Å²) in [5.74, 6) is 0.0901. The van der Waals surface area contributed by atoms with Crippen LogP contribution in [-0.2, 0) is 4.79 Å². The van der Waals surface area contributed by atoms with E-state index in [1.807, 2.05) is 42.6 Å². The van der Waals surface area contributed by atoms with Crippen LogP contribution >= 0.6 is 34.4 Å². The van der Waals surface area contributed by atoms with Gasteiger partial charge in [-0.15, -0.1) is 11.3 Å². The molecule has 1 N–H and O–H groups in total. The Balaban J connectivity index is 1.60. The number of rotatable bonds is 5. The molecule has 0 saturated heterocycles. The largest absolute Gasteiger partial charge is 0.301 e. The topological polar surface area (TPSA) is 80.7 Å². The van der Waals surface area contributed by atoms with Crippen LogP contribution in [0.25, 0.3) is 21.6 Å². The molecule has 4 aromatic rings. The second-order valence-corrected chi connectivity index (χ2v) is 8.30. The van der Waals surface area contributed by atoms with Crippen LogP contribution in [0.15, 0.2) is 47.1 Å². The van der Waals surface area contributed by atoms with Crippen LogP contribution in [0, 0.1) is 6.92 Å². The SMILES string of the molecule is Cc1nc2c(-c3ccccc3)nc(SCC(=O)Nc3nccs3)nc2s1. The average molecular weight is 400 g/mol. The van der Waals surface area contributed by atoms with E-state index in [2.05, 4.69) is 25.3 Å². The Kier molecular flexibility index (Phi) is 4.91. The van der Waals surface area contributed by atoms with Crippen molar-refractivity contribution in [2.24, 2.45) is 0 Å². The van der Waals surface area contributed by atoms with E-state index in [1.165, 1.54) is 34.4 Å². The summed E-state index contributed by atoms with van der Waals surface area (Å²) in [5, 5.41) is 6.68. The lowest BCUT2D eigenvalue weighted by Gasteiger charge is -2.05. The summed E-state index contributed by atoms with van der Waals surface area (Å²) in [5.41, 5.74) is 2.58. The lowest BCUT2D eigenvalue weighted by atomic mass is 10.1. The third-order valence-electron chi connectivity index (χ3n) is 3.40. The highest BCUT2D eigenvalue weighted by Crippen LogP contribution is 2.31. The molecule has 0 saturated carbocycles. The third-order valence-corrected chi connectivity index (χ3v) is 5.80. The van der Waals surface area contributed by atoms with Crippen molar-refractivity contribution >= 4 is 55.8 Å². The maximum Gasteiger partial charge on any atom is 0.236 e. The highest BCUT2D eigenvalue weighted by Gasteiger charge is 2.15. The number of fused-ring (bicyclic) bond motifs is 1. The van der Waals surface area contributed by atoms with Crippen LogP contribution in [0.3, 0.4) is 0 Å². The Morgan fingerprint density at radius 3 is 2.81 bits per heavy atom. The molecule has 6 nitrogen and oxygen atoms in total. The molecule has 1 amide bonds. The van der Waals surface area contributed by atoms with Gasteiger partial charge in [0.1, 0.15) is 16.0 Å². The standard InChI is InChI=1S/C17H13N5OS3/c1-10-19-14-13(11-5-3-2-4-6-11)21-17(22-15(14)26-10)25-9-12(23)20-16-18-7-8-24-16/h2-8H,9H2,1H3,(H,18,20,23). The summed E-state index contributed by atoms with van der Waals surface area (Å²) in [4.78, 5) is 30.8. The van der Waals surface area contributed by atoms with Gasteiger partial charge < -0.3 is 5.32 Å². The van der Waals surface area contributed by atoms with Crippen molar-refractivity contribution in [1.29, 1.82) is 0 Å². The second-order valence-electron chi connectivity index (χ2n) is 5.28. The number of carbonyl (C=O) groups excluding carboxylic acids is 1. The summed E-state index contributed by atoms with van der Waals surface area (Å²) >= 11 is 4.22. The smallest absolute Gasteiger partial charge is 0.236 e. The third kappa shape index (κ3) is 3.74. The molecule has 3 aromatic heterocycles. The molecule has 26 heavy (non-hydrogen) atoms. The Bertz CT molecular complexity index is 1050. The fourth-order valence-corrected chi connectivity index (χ4v) is 4.37. The van der Waals surface area contributed by atoms with Crippen LogP contribution < -0.4 is 5.32 Å². The number of nitrogens with one attached hydrogen (secondary N) is 1. The lowest BCUT2D eigenvalue weighted by molar-refractivity contribution is -0.113. The number of carbonyl (C=O) groups is 1. The van der Waals surface area contributed by atoms with E-state index < -0.39 is 0 Å². The number of hydrogen-bond acceptors (Lipinski definition) is 8. The van der Waals surface area contributed by atoms with E-state index in [1.54, 1.807) is 6.20 Å². The fraction of sp³-hybridized carbons (Fsp3) is 0.118. The molecule has 0 aliphatic heterocycles. The number of hydrogen-bond donors (Lipinski definition) is 1. The van der Waals surface area contributed by atoms with Crippen molar-refractivity contribution in [1.82, 2.24) is 19.9 Å². The van der Waals surface area contributed by atoms with Gasteiger partial charge in [0.05, 0.1) is 10.8 Å². The fourth-order valence-electron chi connectivity index (χ4n) is 2.34. The van der Waals surface area contributed by atoms with Gasteiger partial charge in [-0.05, 0) is 6.92 Å². The number of amides is 1. The number of aryl methyl sites for hydroxylation is 1. The lowest BCUT2D eigenvalue weighted by Crippen LogP contribution is -2.14. The van der Waals surface area contributed by atoms with Crippen LogP contribution in [0.1, 0.15) is 5.01 Å². The maximum absolute atomic E-state index is 12.1. The predicted octanol–water partition coefficient (Wildman–Crippen LogP) is 4.25. The quantitative estimate of drug-likeness (QED) is 0.399. The van der Waals surface area contributed by atoms with Crippen molar-refractivity contribution < 1.29 is 4.79 Å². The second kappa shape index (κ2) is 7.48. The van der Waals surface area contributed by atoms with Gasteiger partial charge in [0.2, 0.25) is 5.91 Å². The number of benzene rings is 1. The monoisotopic (exact) mass is 399 g/mol. The minimum Gasteiger partial charge on any atom is -0.301 e. The van der Waals surface area contributed by atoms with Crippen molar-refractivity contribution in [2.45, 2.75) is 12.1 Å². The van der Waals surface area contributed by atoms with Gasteiger partial charge in [-0.1, -0.05) is 53.4 Å². The summed E-state index contributed by atoms with van der Waals surface area (Å²) in [6.45, 7) is 1.95. The Morgan fingerprint density at radius 1 is 1.19 bits per heavy atom. The molecule has 0 spiro atoms. The van der Waals surface area contributed by atoms with Crippen LogP contribution in [0.5, 0.6) is 0 Å². The van der Waals surface area contributed by atoms with Crippen LogP contribution in [0.4, 0.5) is 5.13 Å². The molecule has 1 aromatic carbocycles. The normalized spacial score (nSPS) is 11.0. The first-order valence-electron chi connectivity index (χ1n) is 7.72. The van der Waals surface area contributed by atoms with Gasteiger partial charge in [-0.2, -0.15) is 0 Å². The van der Waals surface area contributed by atoms with E-state index in [9.17, 15) is 4.79 Å². The molecular weight excluding hydrogens is 386 g/mol. The Morgan fingerprint density at radius 2 is 2.04 bits per heavy atom. The van der Waals surface area contributed by atoms with Crippen LogP contribution in [0.2, 0.25) is 0 Å². The molecule has 0 radical (unpaired) electrons. The molecule has 130 valence electrons. The summed E-state index contributed by atoms with van der Waals surface area (Å²) in [7, 11) is 0. The molecule has 0 fully saturated rings. The first-order valence-corrected chi connectivity index (χ1v) is 10.4. The summed E-state index contributed by atoms with van der Waals surface area (Å²) in [6, 6.07) is 9.90. The van der Waals surface area contributed by atoms with E-state index in [0.717, 1.165) is 26.6 Å². The van der Waals surface area contributed by atoms with Gasteiger partial charge in [0, 0.05) is 17.1 Å². The predicted molar refractivity (Wildman–Crippen MR) is 107 cm³/mol. The van der Waals surface area contributed by atoms with Crippen molar-refractivity contribution in [3.8, 4) is 11.3 Å². The molecule has 0 aliphatic carbocycles. The summed E-state index contributed by atoms with van der Waals surface area (Å²) < 4.78 is 0. The molecule has 0 unspecified atom stereocenters. The number of aromatic nitrogens is 4. The van der Waals surface area contributed by atoms with Crippen molar-refractivity contribution in [2.75, 3.05) is 11.1 Å². The van der Waals surface area contributed by atoms with Gasteiger partial charge in [-0.3, -0.25) is 4.79 Å². The number of thiazole rings is 2. The molecule has 0 bridgehead atoms. The molecular formula is C17H13N5OS3. The average Bonchev–Trinajstić information content (AvgIpc) is 3.28. The van der Waals surface area contributed by atoms with Gasteiger partial charge >= 0.3 is 0 Å². The van der Waals surface area contributed by atoms with E-state index in [-0.39, 0.29) is 11.7 Å². The zero-order valence-electron chi connectivity index (χ0n) is 13.7. The van der Waals surface area contributed by atoms with Gasteiger partial charge in [0.15, 0.2) is 10.3 Å². The number of thioether (sulfide) groups is 1. The molecule has 3 heterocycles. The maximum atomic E-state index is 12.1. The number of nitrogens with zero attached hydrogens (tertiary/aromatic N) is 4. The van der Waals surface area contributed by atoms with Crippen molar-refractivity contribution in [3.05, 3.63) is 46.9 Å². The van der Waals surface area contributed by atoms with Crippen molar-refractivity contribution in [3.63, 3.8) is 0 Å². The van der Waals surface area contributed by atoms with E-state index in [4.69, 9.17) is 0 Å². The molecule has 0 aliphatic rings. The number of anilines is 1. The van der Waals surface area contributed by atoms with E-state index in [0.29, 0.717) is 10.3 Å². The van der Waals surface area contributed by atoms with Gasteiger partial charge in [-0.25, -0.2) is 19.9 Å². The Hall–Kier alpha value is -2.36. The van der Waals surface area contributed by atoms with E-state index >= 15 is 0 Å². The van der Waals surface area contributed by atoms with Crippen LogP contribution in [-0.4, -0.2) is 31.6 Å². The first kappa shape index (κ1) is 17.1. The zero-order valence-corrected chi connectivity index (χ0v) is 16.1. The molecule has 4 rings (SSSR count). The first-order chi connectivity index (χ1) is 12.7. The Labute approximate surface area is 161 Å². The molecule has 9 heteroatoms. The minimum atomic E-state index is -0.129. The highest BCUT2D eigenvalue weighted by molar-refractivity contribution is 7.99. The molecule has 0 atom stereocenters. The summed E-state index contributed by atoms with van der Waals surface area (Å²) in [6.07, 6.45) is 1.66.